The third-order valence-corrected chi connectivity index (χ3v) is 9.15. The Hall–Kier alpha value is -1.35. The second-order valence-electron chi connectivity index (χ2n) is 10.0. The number of unbranched alkanes of at least 4 members (excludes halogenated alkanes) is 8. The van der Waals surface area contributed by atoms with Gasteiger partial charge in [-0.05, 0) is 30.4 Å². The molecule has 11 nitrogen and oxygen atoms in total. The summed E-state index contributed by atoms with van der Waals surface area (Å²) in [6, 6.07) is -1.14. The molecule has 0 bridgehead atoms. The summed E-state index contributed by atoms with van der Waals surface area (Å²) in [6.07, 6.45) is 4.57. The van der Waals surface area contributed by atoms with E-state index in [4.69, 9.17) is 4.74 Å². The topological polar surface area (TPSA) is 186 Å². The number of carbonyl (C=O) groups excluding carboxylic acids is 2. The van der Waals surface area contributed by atoms with Gasteiger partial charge in [0, 0.05) is 25.6 Å². The molecule has 1 saturated heterocycles. The molecule has 0 unspecified atom stereocenters. The Morgan fingerprint density at radius 1 is 1.02 bits per heavy atom. The fourth-order valence-corrected chi connectivity index (χ4v) is 6.61. The number of carbonyl (C=O) groups is 3. The second-order valence-corrected chi connectivity index (χ2v) is 12.6. The number of rotatable bonds is 22. The SMILES string of the molecule is C=CC(=O)NCCSCCCCCCCCCCCS[C@]1(C(=O)O)C[C@H](O)[C@@H](NC(C)=O)[C@H]([C@H](O)[C@H](O)CO)O1. The van der Waals surface area contributed by atoms with Crippen LogP contribution in [0.3, 0.4) is 0 Å². The molecule has 0 saturated carbocycles. The van der Waals surface area contributed by atoms with Gasteiger partial charge in [-0.3, -0.25) is 9.59 Å². The molecule has 0 radical (unpaired) electrons. The summed E-state index contributed by atoms with van der Waals surface area (Å²) in [5, 5.41) is 55.5. The Morgan fingerprint density at radius 3 is 2.12 bits per heavy atom. The third kappa shape index (κ3) is 13.5. The molecule has 0 spiro atoms. The van der Waals surface area contributed by atoms with Gasteiger partial charge in [-0.1, -0.05) is 51.5 Å². The summed E-state index contributed by atoms with van der Waals surface area (Å²) < 4.78 is 5.78. The lowest BCUT2D eigenvalue weighted by Crippen LogP contribution is -2.66. The van der Waals surface area contributed by atoms with Crippen molar-refractivity contribution in [2.45, 2.75) is 107 Å². The lowest BCUT2D eigenvalue weighted by Gasteiger charge is -2.46. The number of amides is 2. The summed E-state index contributed by atoms with van der Waals surface area (Å²) in [7, 11) is 0. The molecule has 1 heterocycles. The standard InChI is InChI=1S/C27H48N2O9S2/c1-3-22(34)28-13-16-39-14-11-9-7-5-4-6-8-10-12-15-40-27(26(36)37)17-20(32)23(29-19(2)31)25(38-27)24(35)21(33)18-30/h3,20-21,23-25,30,32-33,35H,1,4-18H2,2H3,(H,28,34)(H,29,31)(H,36,37)/t20-,21+,23+,24+,25+,27-/m0/s1. The van der Waals surface area contributed by atoms with Crippen LogP contribution in [0.15, 0.2) is 12.7 Å². The number of thioether (sulfide) groups is 2. The molecule has 7 N–H and O–H groups in total. The minimum atomic E-state index is -1.85. The lowest BCUT2D eigenvalue weighted by atomic mass is 9.90. The van der Waals surface area contributed by atoms with E-state index in [2.05, 4.69) is 17.2 Å². The zero-order chi connectivity index (χ0) is 30.0. The van der Waals surface area contributed by atoms with Crippen molar-refractivity contribution in [2.24, 2.45) is 0 Å². The first kappa shape index (κ1) is 36.7. The molecular formula is C27H48N2O9S2. The predicted octanol–water partition coefficient (Wildman–Crippen LogP) is 1.42. The number of aliphatic carboxylic acids is 1. The molecule has 232 valence electrons. The van der Waals surface area contributed by atoms with Gasteiger partial charge < -0.3 is 40.9 Å². The highest BCUT2D eigenvalue weighted by Crippen LogP contribution is 2.41. The van der Waals surface area contributed by atoms with Crippen LogP contribution >= 0.6 is 23.5 Å². The van der Waals surface area contributed by atoms with Gasteiger partial charge in [0.15, 0.2) is 0 Å². The zero-order valence-corrected chi connectivity index (χ0v) is 25.1. The summed E-state index contributed by atoms with van der Waals surface area (Å²) in [5.74, 6) is 0.503. The van der Waals surface area contributed by atoms with Crippen LogP contribution in [0.4, 0.5) is 0 Å². The fraction of sp³-hybridized carbons (Fsp3) is 0.815. The largest absolute Gasteiger partial charge is 0.478 e. The summed E-state index contributed by atoms with van der Waals surface area (Å²) in [5.41, 5.74) is 0. The first-order chi connectivity index (χ1) is 19.1. The molecule has 0 aromatic carbocycles. The van der Waals surface area contributed by atoms with Crippen molar-refractivity contribution in [1.29, 1.82) is 0 Å². The maximum Gasteiger partial charge on any atom is 0.346 e. The predicted molar refractivity (Wildman–Crippen MR) is 157 cm³/mol. The van der Waals surface area contributed by atoms with Gasteiger partial charge in [-0.15, -0.1) is 11.8 Å². The van der Waals surface area contributed by atoms with Crippen LogP contribution in [-0.2, 0) is 19.1 Å². The van der Waals surface area contributed by atoms with Crippen molar-refractivity contribution in [2.75, 3.05) is 30.4 Å². The smallest absolute Gasteiger partial charge is 0.346 e. The molecule has 0 aromatic rings. The maximum absolute atomic E-state index is 12.2. The Bertz CT molecular complexity index is 776. The molecule has 1 fully saturated rings. The van der Waals surface area contributed by atoms with Gasteiger partial charge in [0.25, 0.3) is 0 Å². The highest BCUT2D eigenvalue weighted by molar-refractivity contribution is 8.01. The number of carboxylic acid groups (broad SMARTS) is 1. The van der Waals surface area contributed by atoms with Crippen molar-refractivity contribution in [1.82, 2.24) is 10.6 Å². The highest BCUT2D eigenvalue weighted by atomic mass is 32.2. The van der Waals surface area contributed by atoms with Gasteiger partial charge in [0.05, 0.1) is 18.8 Å². The van der Waals surface area contributed by atoms with Gasteiger partial charge >= 0.3 is 5.97 Å². The number of aliphatic hydroxyl groups excluding tert-OH is 4. The second kappa shape index (κ2) is 20.5. The zero-order valence-electron chi connectivity index (χ0n) is 23.5. The van der Waals surface area contributed by atoms with Crippen LogP contribution in [0.5, 0.6) is 0 Å². The molecule has 0 aliphatic carbocycles. The van der Waals surface area contributed by atoms with E-state index in [0.717, 1.165) is 55.4 Å². The molecular weight excluding hydrogens is 560 g/mol. The van der Waals surface area contributed by atoms with E-state index in [1.807, 2.05) is 11.8 Å². The quantitative estimate of drug-likeness (QED) is 0.0696. The van der Waals surface area contributed by atoms with Gasteiger partial charge in [-0.2, -0.15) is 11.8 Å². The highest BCUT2D eigenvalue weighted by Gasteiger charge is 2.54. The number of carboxylic acids is 1. The first-order valence-corrected chi connectivity index (χ1v) is 16.2. The summed E-state index contributed by atoms with van der Waals surface area (Å²) >= 11 is 2.87. The van der Waals surface area contributed by atoms with E-state index in [0.29, 0.717) is 12.3 Å². The van der Waals surface area contributed by atoms with E-state index in [9.17, 15) is 39.9 Å². The van der Waals surface area contributed by atoms with Crippen molar-refractivity contribution in [3.8, 4) is 0 Å². The number of aliphatic hydroxyl groups is 4. The van der Waals surface area contributed by atoms with Gasteiger partial charge in [0.2, 0.25) is 16.7 Å². The molecule has 1 aliphatic rings. The van der Waals surface area contributed by atoms with E-state index in [1.165, 1.54) is 38.7 Å². The van der Waals surface area contributed by atoms with Crippen LogP contribution in [-0.4, -0.2) is 109 Å². The van der Waals surface area contributed by atoms with Crippen LogP contribution in [0.2, 0.25) is 0 Å². The third-order valence-electron chi connectivity index (χ3n) is 6.69. The number of ether oxygens (including phenoxy) is 1. The number of hydrogen-bond acceptors (Lipinski definition) is 10. The van der Waals surface area contributed by atoms with Crippen LogP contribution in [0.25, 0.3) is 0 Å². The van der Waals surface area contributed by atoms with Crippen LogP contribution in [0.1, 0.15) is 71.1 Å². The van der Waals surface area contributed by atoms with Crippen molar-refractivity contribution >= 4 is 41.3 Å². The van der Waals surface area contributed by atoms with E-state index in [-0.39, 0.29) is 12.3 Å². The van der Waals surface area contributed by atoms with Crippen molar-refractivity contribution in [3.63, 3.8) is 0 Å². The molecule has 0 aromatic heterocycles. The van der Waals surface area contributed by atoms with E-state index >= 15 is 0 Å². The minimum Gasteiger partial charge on any atom is -0.478 e. The maximum atomic E-state index is 12.2. The molecule has 40 heavy (non-hydrogen) atoms. The summed E-state index contributed by atoms with van der Waals surface area (Å²) in [4.78, 5) is 33.0. The average molecular weight is 609 g/mol. The fourth-order valence-electron chi connectivity index (χ4n) is 4.48. The average Bonchev–Trinajstić information content (AvgIpc) is 2.92. The molecule has 1 aliphatic heterocycles. The summed E-state index contributed by atoms with van der Waals surface area (Å²) in [6.45, 7) is 4.50. The van der Waals surface area contributed by atoms with Crippen LogP contribution in [0, 0.1) is 0 Å². The van der Waals surface area contributed by atoms with Gasteiger partial charge in [-0.25, -0.2) is 4.79 Å². The molecule has 13 heteroatoms. The molecule has 1 rings (SSSR count). The Morgan fingerprint density at radius 2 is 1.60 bits per heavy atom. The molecule has 6 atom stereocenters. The first-order valence-electron chi connectivity index (χ1n) is 14.0. The Balaban J connectivity index is 2.31. The van der Waals surface area contributed by atoms with Crippen molar-refractivity contribution < 1.29 is 44.7 Å². The lowest BCUT2D eigenvalue weighted by molar-refractivity contribution is -0.205. The van der Waals surface area contributed by atoms with E-state index < -0.39 is 53.9 Å². The number of hydrogen-bond donors (Lipinski definition) is 7. The Labute approximate surface area is 245 Å². The normalized spacial score (nSPS) is 24.2. The minimum absolute atomic E-state index is 0.134. The van der Waals surface area contributed by atoms with Gasteiger partial charge in [0.1, 0.15) is 18.3 Å². The Kier molecular flexibility index (Phi) is 18.8. The molecule has 2 amide bonds. The van der Waals surface area contributed by atoms with Crippen LogP contribution < -0.4 is 10.6 Å². The number of nitrogens with one attached hydrogen (secondary N) is 2. The van der Waals surface area contributed by atoms with Crippen molar-refractivity contribution in [3.05, 3.63) is 12.7 Å². The van der Waals surface area contributed by atoms with E-state index in [1.54, 1.807) is 0 Å². The monoisotopic (exact) mass is 608 g/mol.